The van der Waals surface area contributed by atoms with E-state index in [-0.39, 0.29) is 100 Å². The van der Waals surface area contributed by atoms with Crippen molar-refractivity contribution in [3.63, 3.8) is 0 Å². The van der Waals surface area contributed by atoms with Crippen LogP contribution in [0.3, 0.4) is 0 Å². The van der Waals surface area contributed by atoms with Crippen LogP contribution in [0.4, 0.5) is 0 Å². The van der Waals surface area contributed by atoms with Crippen molar-refractivity contribution in [2.75, 3.05) is 49.4 Å². The second-order valence-electron chi connectivity index (χ2n) is 29.3. The van der Waals surface area contributed by atoms with Crippen molar-refractivity contribution < 1.29 is 38.1 Å². The van der Waals surface area contributed by atoms with E-state index < -0.39 is 0 Å². The molecule has 0 unspecified atom stereocenters. The Morgan fingerprint density at radius 2 is 0.312 bits per heavy atom. The summed E-state index contributed by atoms with van der Waals surface area (Å²) in [6, 6.07) is 0. The first-order chi connectivity index (χ1) is 51.2. The number of carbonyl (C=O) groups excluding carboxylic acids is 4. The molecule has 4 radical (unpaired) electrons. The molecule has 0 aliphatic heterocycles. The first kappa shape index (κ1) is 127. The smallest absolute Gasteiger partial charge is 0.789 e. The first-order valence-electron chi connectivity index (χ1n) is 44.8. The fraction of sp³-hybridized carbons (Fsp3) is 0.872. The minimum absolute atomic E-state index is 0. The van der Waals surface area contributed by atoms with Gasteiger partial charge in [0.15, 0.2) is 0 Å². The molecule has 8 nitrogen and oxygen atoms in total. The molecule has 0 atom stereocenters. The molecule has 0 heterocycles. The SMILES string of the molecule is C.C.CCCCC/C=C/CCCCCCCCCCCCCC(=O)OCC[S-].CCCCC/C=C/CCCCCCCCCCCCCC(=O)OCC[S-].CCCCC/C=C/CCCCCCCCCCCCCC(=O)OCC[S-].CCCCC/C=C/CCCCCCCCCCCCCC(=O)OCC[S-].S.[Sn+2].[Sn+2]. The van der Waals surface area contributed by atoms with Crippen LogP contribution in [0.15, 0.2) is 48.6 Å². The number of unbranched alkanes of at least 4 members (excludes halogenated alkanes) is 56. The Balaban J connectivity index is -0.000000172. The summed E-state index contributed by atoms with van der Waals surface area (Å²) in [6.45, 7) is 10.6. The number of carbonyl (C=O) groups is 4. The summed E-state index contributed by atoms with van der Waals surface area (Å²) in [6.07, 6.45) is 105. The molecule has 0 saturated carbocycles. The molecule has 0 rings (SSSR count). The van der Waals surface area contributed by atoms with E-state index in [1.54, 1.807) is 0 Å². The fourth-order valence-electron chi connectivity index (χ4n) is 12.4. The van der Waals surface area contributed by atoms with Gasteiger partial charge in [-0.05, 0) is 128 Å². The van der Waals surface area contributed by atoms with E-state index >= 15 is 0 Å². The molecule has 644 valence electrons. The average molecular weight is 1840 g/mol. The Labute approximate surface area is 744 Å². The third kappa shape index (κ3) is 132. The van der Waals surface area contributed by atoms with Crippen molar-refractivity contribution >= 4 is 136 Å². The molecule has 0 fully saturated rings. The number of rotatable bonds is 80. The van der Waals surface area contributed by atoms with Crippen molar-refractivity contribution in [1.82, 2.24) is 0 Å². The predicted octanol–water partition coefficient (Wildman–Crippen LogP) is 29.8. The summed E-state index contributed by atoms with van der Waals surface area (Å²) < 4.78 is 19.9. The summed E-state index contributed by atoms with van der Waals surface area (Å²) >= 11 is 19.0. The van der Waals surface area contributed by atoms with Crippen molar-refractivity contribution in [2.45, 2.75) is 479 Å². The van der Waals surface area contributed by atoms with Crippen LogP contribution in [0.1, 0.15) is 479 Å². The number of esters is 4. The van der Waals surface area contributed by atoms with E-state index in [0.717, 1.165) is 51.4 Å². The molecule has 0 saturated heterocycles. The number of hydrogen-bond donors (Lipinski definition) is 0. The molecule has 0 amide bonds. The zero-order valence-corrected chi connectivity index (χ0v) is 80.7. The monoisotopic (exact) mass is 1840 g/mol. The quantitative estimate of drug-likeness (QED) is 0.0145. The van der Waals surface area contributed by atoms with Crippen molar-refractivity contribution in [2.24, 2.45) is 0 Å². The molecule has 0 aromatic carbocycles. The van der Waals surface area contributed by atoms with E-state index in [9.17, 15) is 19.2 Å². The Hall–Kier alpha value is 0.187. The van der Waals surface area contributed by atoms with Crippen LogP contribution in [-0.2, 0) is 88.6 Å². The molecular weight excluding hydrogens is 1650 g/mol. The van der Waals surface area contributed by atoms with E-state index in [2.05, 4.69) is 76.3 Å². The fourth-order valence-corrected chi connectivity index (χ4v) is 12.7. The van der Waals surface area contributed by atoms with Gasteiger partial charge in [0, 0.05) is 25.7 Å². The van der Waals surface area contributed by atoms with Crippen molar-refractivity contribution in [3.8, 4) is 0 Å². The van der Waals surface area contributed by atoms with E-state index in [0.29, 0.717) is 75.1 Å². The second-order valence-corrected chi connectivity index (χ2v) is 30.9. The van der Waals surface area contributed by atoms with Gasteiger partial charge in [-0.2, -0.15) is 13.5 Å². The predicted molar refractivity (Wildman–Crippen MR) is 501 cm³/mol. The van der Waals surface area contributed by atoms with Gasteiger partial charge in [0.25, 0.3) is 0 Å². The van der Waals surface area contributed by atoms with Crippen LogP contribution in [-0.4, -0.2) is 121 Å². The van der Waals surface area contributed by atoms with Crippen LogP contribution in [0.25, 0.3) is 0 Å². The molecule has 0 spiro atoms. The van der Waals surface area contributed by atoms with Crippen LogP contribution >= 0.6 is 13.5 Å². The van der Waals surface area contributed by atoms with Gasteiger partial charge in [-0.3, -0.25) is 19.2 Å². The van der Waals surface area contributed by atoms with Gasteiger partial charge in [-0.1, -0.05) is 374 Å². The Morgan fingerprint density at radius 1 is 0.202 bits per heavy atom. The molecule has 0 aromatic heterocycles. The maximum Gasteiger partial charge on any atom is 2.00 e. The van der Waals surface area contributed by atoms with E-state index in [4.69, 9.17) is 69.5 Å². The second kappa shape index (κ2) is 124. The molecule has 0 aliphatic rings. The molecule has 0 bridgehead atoms. The third-order valence-electron chi connectivity index (χ3n) is 19.0. The Bertz CT molecular complexity index is 1530. The van der Waals surface area contributed by atoms with Crippen LogP contribution in [0.2, 0.25) is 0 Å². The molecule has 0 aliphatic carbocycles. The summed E-state index contributed by atoms with van der Waals surface area (Å²) in [7, 11) is 0. The average Bonchev–Trinajstić information content (AvgIpc) is 2.78. The molecule has 15 heteroatoms. The van der Waals surface area contributed by atoms with Gasteiger partial charge in [-0.15, -0.1) is 23.0 Å². The Morgan fingerprint density at radius 3 is 0.431 bits per heavy atom. The summed E-state index contributed by atoms with van der Waals surface area (Å²) in [5, 5.41) is 0. The molecule has 109 heavy (non-hydrogen) atoms. The van der Waals surface area contributed by atoms with Crippen LogP contribution in [0.5, 0.6) is 0 Å². The number of ether oxygens (including phenoxy) is 4. The third-order valence-corrected chi connectivity index (χ3v) is 19.6. The van der Waals surface area contributed by atoms with Crippen molar-refractivity contribution in [1.29, 1.82) is 0 Å². The van der Waals surface area contributed by atoms with Gasteiger partial charge in [0.05, 0.1) is 26.4 Å². The summed E-state index contributed by atoms with van der Waals surface area (Å²) in [5.74, 6) is 1.68. The molecule has 0 N–H and O–H groups in total. The number of hydrogen-bond acceptors (Lipinski definition) is 12. The zero-order valence-electron chi connectivity index (χ0n) is 70.8. The molecule has 0 aromatic rings. The minimum Gasteiger partial charge on any atom is -0.789 e. The van der Waals surface area contributed by atoms with Gasteiger partial charge in [0.2, 0.25) is 0 Å². The first-order valence-corrected chi connectivity index (χ1v) is 47.1. The van der Waals surface area contributed by atoms with Crippen molar-refractivity contribution in [3.05, 3.63) is 48.6 Å². The van der Waals surface area contributed by atoms with Crippen LogP contribution < -0.4 is 0 Å². The number of allylic oxidation sites excluding steroid dienone is 8. The largest absolute Gasteiger partial charge is 2.00 e. The van der Waals surface area contributed by atoms with Crippen LogP contribution in [0, 0.1) is 0 Å². The zero-order chi connectivity index (χ0) is 76.5. The summed E-state index contributed by atoms with van der Waals surface area (Å²) in [4.78, 5) is 45.2. The normalized spacial score (nSPS) is 10.8. The van der Waals surface area contributed by atoms with Gasteiger partial charge in [0.1, 0.15) is 0 Å². The minimum atomic E-state index is -0.0816. The van der Waals surface area contributed by atoms with Gasteiger partial charge in [-0.25, -0.2) is 0 Å². The maximum atomic E-state index is 11.3. The van der Waals surface area contributed by atoms with Gasteiger partial charge >= 0.3 is 71.7 Å². The van der Waals surface area contributed by atoms with E-state index in [1.165, 1.54) is 360 Å². The summed E-state index contributed by atoms with van der Waals surface area (Å²) in [5.41, 5.74) is 0. The standard InChI is InChI=1S/4C23H44O2S.2CH4.H2S.2Sn/c4*1-2-3-4-5-6-7-8-9-10-11-12-13-14-15-16-17-18-19-20-23(24)25-21-22-26;;;;;/h4*6-7,26H,2-5,8-22H2,1H3;2*1H4;1H2;;/q;;;;;;;2*+2/p-4/b4*7-6+;;;;;. The Kier molecular flexibility index (Phi) is 145. The van der Waals surface area contributed by atoms with E-state index in [1.807, 2.05) is 0 Å². The maximum absolute atomic E-state index is 11.3. The molecular formula is C94H182O8S5Sn2. The topological polar surface area (TPSA) is 105 Å². The van der Waals surface area contributed by atoms with Gasteiger partial charge < -0.3 is 69.5 Å².